The fraction of sp³-hybridized carbons (Fsp3) is 0.875. The number of carbonyl (C=O) groups excluding carboxylic acids is 1. The lowest BCUT2D eigenvalue weighted by atomic mass is 9.79. The topological polar surface area (TPSA) is 70.6 Å². The summed E-state index contributed by atoms with van der Waals surface area (Å²) in [7, 11) is 1.56. The van der Waals surface area contributed by atoms with Gasteiger partial charge in [-0.25, -0.2) is 5.48 Å². The van der Waals surface area contributed by atoms with E-state index in [9.17, 15) is 4.79 Å². The molecule has 1 aliphatic rings. The number of hydrogen-bond donors (Lipinski definition) is 3. The lowest BCUT2D eigenvalue weighted by Crippen LogP contribution is -2.49. The van der Waals surface area contributed by atoms with Gasteiger partial charge in [-0.05, 0) is 25.9 Å². The van der Waals surface area contributed by atoms with Gasteiger partial charge in [0.15, 0.2) is 0 Å². The molecule has 3 N–H and O–H groups in total. The Hall–Kier alpha value is -0.650. The molecule has 0 aliphatic carbocycles. The Morgan fingerprint density at radius 2 is 2.23 bits per heavy atom. The van der Waals surface area contributed by atoms with E-state index < -0.39 is 5.41 Å². The van der Waals surface area contributed by atoms with Crippen molar-refractivity contribution in [3.8, 4) is 0 Å². The third kappa shape index (κ3) is 2.18. The first kappa shape index (κ1) is 10.4. The summed E-state index contributed by atoms with van der Waals surface area (Å²) < 4.78 is 5.01. The van der Waals surface area contributed by atoms with Gasteiger partial charge in [0.05, 0.1) is 12.0 Å². The molecule has 0 saturated carbocycles. The zero-order valence-corrected chi connectivity index (χ0v) is 7.80. The average molecular weight is 188 g/mol. The molecule has 76 valence electrons. The molecule has 0 bridgehead atoms. The predicted octanol–water partition coefficient (Wildman–Crippen LogP) is -0.492. The Morgan fingerprint density at radius 3 is 2.69 bits per heavy atom. The van der Waals surface area contributed by atoms with Crippen molar-refractivity contribution < 1.29 is 14.7 Å². The molecule has 13 heavy (non-hydrogen) atoms. The van der Waals surface area contributed by atoms with Crippen molar-refractivity contribution in [3.05, 3.63) is 0 Å². The molecule has 5 heteroatoms. The van der Waals surface area contributed by atoms with Crippen molar-refractivity contribution in [3.63, 3.8) is 0 Å². The number of amides is 1. The monoisotopic (exact) mass is 188 g/mol. The molecule has 1 rings (SSSR count). The van der Waals surface area contributed by atoms with Crippen LogP contribution in [0.1, 0.15) is 12.8 Å². The zero-order valence-electron chi connectivity index (χ0n) is 7.80. The van der Waals surface area contributed by atoms with Gasteiger partial charge < -0.3 is 10.1 Å². The molecule has 0 aromatic rings. The van der Waals surface area contributed by atoms with Crippen molar-refractivity contribution >= 4 is 5.91 Å². The number of ether oxygens (including phenoxy) is 1. The summed E-state index contributed by atoms with van der Waals surface area (Å²) in [6, 6.07) is 0. The van der Waals surface area contributed by atoms with Crippen LogP contribution in [-0.2, 0) is 9.53 Å². The van der Waals surface area contributed by atoms with Crippen LogP contribution >= 0.6 is 0 Å². The minimum atomic E-state index is -0.547. The number of hydroxylamine groups is 1. The van der Waals surface area contributed by atoms with Crippen molar-refractivity contribution in [1.29, 1.82) is 0 Å². The van der Waals surface area contributed by atoms with E-state index in [1.54, 1.807) is 12.6 Å². The molecule has 0 aromatic heterocycles. The summed E-state index contributed by atoms with van der Waals surface area (Å²) in [4.78, 5) is 11.4. The first-order chi connectivity index (χ1) is 6.25. The zero-order chi connectivity index (χ0) is 9.73. The van der Waals surface area contributed by atoms with Gasteiger partial charge in [0.2, 0.25) is 0 Å². The Kier molecular flexibility index (Phi) is 3.65. The van der Waals surface area contributed by atoms with Gasteiger partial charge in [0.25, 0.3) is 5.91 Å². The minimum Gasteiger partial charge on any atom is -0.384 e. The predicted molar refractivity (Wildman–Crippen MR) is 46.3 cm³/mol. The third-order valence-corrected chi connectivity index (χ3v) is 2.56. The first-order valence-electron chi connectivity index (χ1n) is 4.39. The third-order valence-electron chi connectivity index (χ3n) is 2.56. The van der Waals surface area contributed by atoms with E-state index in [4.69, 9.17) is 9.94 Å². The second-order valence-electron chi connectivity index (χ2n) is 3.40. The van der Waals surface area contributed by atoms with E-state index in [0.29, 0.717) is 19.4 Å². The molecular formula is C8H16N2O3. The highest BCUT2D eigenvalue weighted by atomic mass is 16.5. The summed E-state index contributed by atoms with van der Waals surface area (Å²) in [6.45, 7) is 1.94. The Morgan fingerprint density at radius 1 is 1.62 bits per heavy atom. The number of nitrogens with one attached hydrogen (secondary N) is 2. The quantitative estimate of drug-likeness (QED) is 0.413. The standard InChI is InChI=1S/C8H16N2O3/c1-13-6-8(7(11)10-12)2-4-9-5-3-8/h9,12H,2-6H2,1H3,(H,10,11). The fourth-order valence-electron chi connectivity index (χ4n) is 1.74. The molecule has 0 atom stereocenters. The summed E-state index contributed by atoms with van der Waals surface area (Å²) in [5.74, 6) is -0.337. The van der Waals surface area contributed by atoms with E-state index in [1.807, 2.05) is 0 Å². The number of carbonyl (C=O) groups is 1. The van der Waals surface area contributed by atoms with Crippen molar-refractivity contribution in [2.24, 2.45) is 5.41 Å². The van der Waals surface area contributed by atoms with Gasteiger partial charge >= 0.3 is 0 Å². The molecule has 5 nitrogen and oxygen atoms in total. The van der Waals surface area contributed by atoms with Crippen LogP contribution < -0.4 is 10.8 Å². The summed E-state index contributed by atoms with van der Waals surface area (Å²) in [5.41, 5.74) is 1.17. The van der Waals surface area contributed by atoms with Crippen LogP contribution in [0.4, 0.5) is 0 Å². The van der Waals surface area contributed by atoms with Gasteiger partial charge in [-0.1, -0.05) is 0 Å². The van der Waals surface area contributed by atoms with Crippen molar-refractivity contribution in [1.82, 2.24) is 10.8 Å². The summed E-state index contributed by atoms with van der Waals surface area (Å²) in [5, 5.41) is 11.8. The summed E-state index contributed by atoms with van der Waals surface area (Å²) in [6.07, 6.45) is 1.40. The Bertz CT molecular complexity index is 173. The lowest BCUT2D eigenvalue weighted by Gasteiger charge is -2.34. The highest BCUT2D eigenvalue weighted by molar-refractivity contribution is 5.81. The number of methoxy groups -OCH3 is 1. The van der Waals surface area contributed by atoms with E-state index in [2.05, 4.69) is 5.32 Å². The smallest absolute Gasteiger partial charge is 0.251 e. The van der Waals surface area contributed by atoms with Gasteiger partial charge in [0.1, 0.15) is 0 Å². The second kappa shape index (κ2) is 4.55. The molecule has 0 unspecified atom stereocenters. The number of rotatable bonds is 3. The SMILES string of the molecule is COCC1(C(=O)NO)CCNCC1. The largest absolute Gasteiger partial charge is 0.384 e. The maximum Gasteiger partial charge on any atom is 0.251 e. The van der Waals surface area contributed by atoms with E-state index in [1.165, 1.54) is 0 Å². The molecule has 0 spiro atoms. The number of piperidine rings is 1. The molecule has 0 radical (unpaired) electrons. The number of hydrogen-bond acceptors (Lipinski definition) is 4. The molecule has 1 aliphatic heterocycles. The van der Waals surface area contributed by atoms with E-state index in [-0.39, 0.29) is 5.91 Å². The van der Waals surface area contributed by atoms with Crippen LogP contribution in [0.25, 0.3) is 0 Å². The van der Waals surface area contributed by atoms with Gasteiger partial charge in [0, 0.05) is 7.11 Å². The first-order valence-corrected chi connectivity index (χ1v) is 4.39. The van der Waals surface area contributed by atoms with E-state index in [0.717, 1.165) is 13.1 Å². The minimum absolute atomic E-state index is 0.337. The van der Waals surface area contributed by atoms with Gasteiger partial charge in [-0.15, -0.1) is 0 Å². The van der Waals surface area contributed by atoms with Crippen LogP contribution in [0, 0.1) is 5.41 Å². The van der Waals surface area contributed by atoms with Crippen molar-refractivity contribution in [2.45, 2.75) is 12.8 Å². The lowest BCUT2D eigenvalue weighted by molar-refractivity contribution is -0.145. The normalized spacial score (nSPS) is 21.1. The fourth-order valence-corrected chi connectivity index (χ4v) is 1.74. The molecular weight excluding hydrogens is 172 g/mol. The summed E-state index contributed by atoms with van der Waals surface area (Å²) >= 11 is 0. The van der Waals surface area contributed by atoms with Crippen molar-refractivity contribution in [2.75, 3.05) is 26.8 Å². The van der Waals surface area contributed by atoms with Crippen LogP contribution in [0.5, 0.6) is 0 Å². The molecule has 1 fully saturated rings. The molecule has 1 amide bonds. The van der Waals surface area contributed by atoms with Gasteiger partial charge in [-0.3, -0.25) is 10.0 Å². The highest BCUT2D eigenvalue weighted by Gasteiger charge is 2.39. The average Bonchev–Trinajstić information content (AvgIpc) is 2.18. The maximum atomic E-state index is 11.4. The van der Waals surface area contributed by atoms with Gasteiger partial charge in [-0.2, -0.15) is 0 Å². The van der Waals surface area contributed by atoms with Crippen LogP contribution in [0.3, 0.4) is 0 Å². The highest BCUT2D eigenvalue weighted by Crippen LogP contribution is 2.28. The van der Waals surface area contributed by atoms with Crippen LogP contribution in [-0.4, -0.2) is 37.9 Å². The Labute approximate surface area is 77.4 Å². The van der Waals surface area contributed by atoms with Crippen LogP contribution in [0.2, 0.25) is 0 Å². The second-order valence-corrected chi connectivity index (χ2v) is 3.40. The van der Waals surface area contributed by atoms with Crippen LogP contribution in [0.15, 0.2) is 0 Å². The Balaban J connectivity index is 2.66. The maximum absolute atomic E-state index is 11.4. The molecule has 0 aromatic carbocycles. The van der Waals surface area contributed by atoms with E-state index >= 15 is 0 Å². The molecule has 1 heterocycles. The molecule has 1 saturated heterocycles.